The van der Waals surface area contributed by atoms with Crippen LogP contribution in [-0.4, -0.2) is 0 Å². The minimum Gasteiger partial charge on any atom is -0.192 e. The summed E-state index contributed by atoms with van der Waals surface area (Å²) in [5.41, 5.74) is 1.10. The summed E-state index contributed by atoms with van der Waals surface area (Å²) in [6, 6.07) is 7.71. The molecule has 14 heavy (non-hydrogen) atoms. The Bertz CT molecular complexity index is 584. The fourth-order valence-corrected chi connectivity index (χ4v) is 2.62. The molecular formula is C10H4N2S2. The first-order valence-electron chi connectivity index (χ1n) is 3.81. The van der Waals surface area contributed by atoms with Crippen LogP contribution in [0.5, 0.6) is 0 Å². The molecule has 0 unspecified atom stereocenters. The minimum absolute atomic E-state index is 0.510. The van der Waals surface area contributed by atoms with E-state index >= 15 is 0 Å². The topological polar surface area (TPSA) is 47.6 Å². The van der Waals surface area contributed by atoms with Crippen LogP contribution in [0, 0.1) is 22.7 Å². The molecule has 0 spiro atoms. The molecule has 0 saturated carbocycles. The Morgan fingerprint density at radius 2 is 1.86 bits per heavy atom. The van der Waals surface area contributed by atoms with Crippen molar-refractivity contribution in [3.63, 3.8) is 0 Å². The van der Waals surface area contributed by atoms with Crippen LogP contribution in [0.15, 0.2) is 22.4 Å². The second kappa shape index (κ2) is 3.34. The van der Waals surface area contributed by atoms with Gasteiger partial charge < -0.3 is 0 Å². The molecule has 1 aromatic carbocycles. The van der Waals surface area contributed by atoms with Crippen molar-refractivity contribution in [3.05, 3.63) is 28.6 Å². The third-order valence-corrected chi connectivity index (χ3v) is 3.37. The molecule has 1 aromatic heterocycles. The van der Waals surface area contributed by atoms with E-state index in [0.717, 1.165) is 10.1 Å². The number of nitrogens with zero attached hydrogens (tertiary/aromatic N) is 2. The van der Waals surface area contributed by atoms with Crippen LogP contribution >= 0.6 is 24.0 Å². The summed E-state index contributed by atoms with van der Waals surface area (Å²) in [7, 11) is 0. The SMILES string of the molecule is N#Cc1ccc2scc(C#N)c2c1S. The summed E-state index contributed by atoms with van der Waals surface area (Å²) >= 11 is 5.76. The molecule has 0 amide bonds. The van der Waals surface area contributed by atoms with Crippen molar-refractivity contribution in [2.24, 2.45) is 0 Å². The first-order chi connectivity index (χ1) is 6.77. The predicted molar refractivity (Wildman–Crippen MR) is 58.5 cm³/mol. The molecule has 0 radical (unpaired) electrons. The molecule has 1 heterocycles. The normalized spacial score (nSPS) is 9.64. The van der Waals surface area contributed by atoms with Gasteiger partial charge in [0.15, 0.2) is 0 Å². The van der Waals surface area contributed by atoms with Gasteiger partial charge in [-0.1, -0.05) is 0 Å². The zero-order valence-electron chi connectivity index (χ0n) is 6.98. The van der Waals surface area contributed by atoms with Crippen LogP contribution in [0.3, 0.4) is 0 Å². The predicted octanol–water partition coefficient (Wildman–Crippen LogP) is 2.93. The van der Waals surface area contributed by atoms with E-state index in [4.69, 9.17) is 10.5 Å². The largest absolute Gasteiger partial charge is 0.192 e. The number of rotatable bonds is 0. The second-order valence-corrected chi connectivity index (χ2v) is 4.07. The van der Waals surface area contributed by atoms with Gasteiger partial charge in [0.2, 0.25) is 0 Å². The highest BCUT2D eigenvalue weighted by molar-refractivity contribution is 7.80. The van der Waals surface area contributed by atoms with E-state index in [0.29, 0.717) is 16.0 Å². The highest BCUT2D eigenvalue weighted by atomic mass is 32.1. The Balaban J connectivity index is 2.94. The number of nitriles is 2. The molecule has 2 rings (SSSR count). The van der Waals surface area contributed by atoms with Gasteiger partial charge in [0.25, 0.3) is 0 Å². The van der Waals surface area contributed by atoms with Crippen LogP contribution in [0.2, 0.25) is 0 Å². The molecule has 0 atom stereocenters. The van der Waals surface area contributed by atoms with E-state index in [2.05, 4.69) is 18.7 Å². The van der Waals surface area contributed by atoms with Crippen molar-refractivity contribution >= 4 is 34.1 Å². The van der Waals surface area contributed by atoms with Crippen molar-refractivity contribution in [1.82, 2.24) is 0 Å². The number of fused-ring (bicyclic) bond motifs is 1. The molecule has 0 bridgehead atoms. The van der Waals surface area contributed by atoms with Crippen LogP contribution < -0.4 is 0 Å². The molecule has 0 fully saturated rings. The lowest BCUT2D eigenvalue weighted by Gasteiger charge is -1.97. The zero-order chi connectivity index (χ0) is 10.1. The lowest BCUT2D eigenvalue weighted by atomic mass is 10.1. The Labute approximate surface area is 90.4 Å². The fraction of sp³-hybridized carbons (Fsp3) is 0. The maximum Gasteiger partial charge on any atom is 0.101 e. The molecule has 0 N–H and O–H groups in total. The minimum atomic E-state index is 0.510. The van der Waals surface area contributed by atoms with E-state index in [1.807, 2.05) is 12.1 Å². The number of thiophene rings is 1. The number of thiol groups is 1. The molecule has 2 aromatic rings. The number of benzene rings is 1. The first-order valence-corrected chi connectivity index (χ1v) is 5.14. The van der Waals surface area contributed by atoms with E-state index in [1.54, 1.807) is 11.4 Å². The fourth-order valence-electron chi connectivity index (χ4n) is 1.28. The van der Waals surface area contributed by atoms with Crippen molar-refractivity contribution in [3.8, 4) is 12.1 Å². The summed E-state index contributed by atoms with van der Waals surface area (Å²) in [6.07, 6.45) is 0. The standard InChI is InChI=1S/C10H4N2S2/c11-3-6-1-2-8-9(10(6)13)7(4-12)5-14-8/h1-2,5,13H. The maximum atomic E-state index is 8.85. The summed E-state index contributed by atoms with van der Waals surface area (Å²) in [4.78, 5) is 0.600. The molecule has 66 valence electrons. The van der Waals surface area contributed by atoms with Gasteiger partial charge in [-0.3, -0.25) is 0 Å². The zero-order valence-corrected chi connectivity index (χ0v) is 8.69. The Morgan fingerprint density at radius 1 is 1.14 bits per heavy atom. The summed E-state index contributed by atoms with van der Waals surface area (Å²) in [5, 5.41) is 20.2. The van der Waals surface area contributed by atoms with Gasteiger partial charge in [0, 0.05) is 20.4 Å². The molecule has 0 aliphatic heterocycles. The van der Waals surface area contributed by atoms with Gasteiger partial charge in [-0.2, -0.15) is 10.5 Å². The van der Waals surface area contributed by atoms with E-state index < -0.39 is 0 Å². The third kappa shape index (κ3) is 1.17. The maximum absolute atomic E-state index is 8.85. The van der Waals surface area contributed by atoms with Crippen molar-refractivity contribution in [1.29, 1.82) is 10.5 Å². The molecule has 2 nitrogen and oxygen atoms in total. The van der Waals surface area contributed by atoms with Crippen molar-refractivity contribution in [2.75, 3.05) is 0 Å². The van der Waals surface area contributed by atoms with Crippen LogP contribution in [0.25, 0.3) is 10.1 Å². The second-order valence-electron chi connectivity index (χ2n) is 2.71. The quantitative estimate of drug-likeness (QED) is 0.688. The van der Waals surface area contributed by atoms with E-state index in [1.165, 1.54) is 11.3 Å². The molecular weight excluding hydrogens is 212 g/mol. The van der Waals surface area contributed by atoms with Gasteiger partial charge in [-0.05, 0) is 12.1 Å². The van der Waals surface area contributed by atoms with Gasteiger partial charge in [-0.15, -0.1) is 24.0 Å². The molecule has 0 saturated heterocycles. The summed E-state index contributed by atoms with van der Waals surface area (Å²) in [5.74, 6) is 0. The Morgan fingerprint density at radius 3 is 2.50 bits per heavy atom. The van der Waals surface area contributed by atoms with Crippen LogP contribution in [0.4, 0.5) is 0 Å². The summed E-state index contributed by atoms with van der Waals surface area (Å²) < 4.78 is 0.991. The number of hydrogen-bond donors (Lipinski definition) is 1. The average Bonchev–Trinajstić information content (AvgIpc) is 2.62. The molecule has 0 aliphatic rings. The van der Waals surface area contributed by atoms with Crippen LogP contribution in [0.1, 0.15) is 11.1 Å². The van der Waals surface area contributed by atoms with Gasteiger partial charge in [0.1, 0.15) is 12.1 Å². The van der Waals surface area contributed by atoms with Crippen LogP contribution in [-0.2, 0) is 0 Å². The summed E-state index contributed by atoms with van der Waals surface area (Å²) in [6.45, 7) is 0. The monoisotopic (exact) mass is 216 g/mol. The van der Waals surface area contributed by atoms with Gasteiger partial charge >= 0.3 is 0 Å². The smallest absolute Gasteiger partial charge is 0.101 e. The molecule has 0 aliphatic carbocycles. The van der Waals surface area contributed by atoms with Crippen molar-refractivity contribution < 1.29 is 0 Å². The lowest BCUT2D eigenvalue weighted by molar-refractivity contribution is 1.42. The Kier molecular flexibility index (Phi) is 2.17. The lowest BCUT2D eigenvalue weighted by Crippen LogP contribution is -1.80. The highest BCUT2D eigenvalue weighted by Gasteiger charge is 2.09. The van der Waals surface area contributed by atoms with Gasteiger partial charge in [0.05, 0.1) is 11.1 Å². The van der Waals surface area contributed by atoms with Gasteiger partial charge in [-0.25, -0.2) is 0 Å². The highest BCUT2D eigenvalue weighted by Crippen LogP contribution is 2.32. The average molecular weight is 216 g/mol. The van der Waals surface area contributed by atoms with Crippen molar-refractivity contribution in [2.45, 2.75) is 4.90 Å². The molecule has 4 heteroatoms. The van der Waals surface area contributed by atoms with E-state index in [-0.39, 0.29) is 0 Å². The first kappa shape index (κ1) is 9.08. The third-order valence-electron chi connectivity index (χ3n) is 1.95. The number of hydrogen-bond acceptors (Lipinski definition) is 4. The van der Waals surface area contributed by atoms with E-state index in [9.17, 15) is 0 Å². The Hall–Kier alpha value is -1.49.